The summed E-state index contributed by atoms with van der Waals surface area (Å²) in [5.41, 5.74) is 0.648. The number of alkyl halides is 7. The first-order valence-corrected chi connectivity index (χ1v) is 13.1. The van der Waals surface area contributed by atoms with Gasteiger partial charge >= 0.3 is 12.4 Å². The Bertz CT molecular complexity index is 893. The van der Waals surface area contributed by atoms with Crippen molar-refractivity contribution >= 4 is 11.6 Å². The smallest absolute Gasteiger partial charge is 0.392 e. The molecule has 0 radical (unpaired) electrons. The Labute approximate surface area is 213 Å². The molecule has 36 heavy (non-hydrogen) atoms. The van der Waals surface area contributed by atoms with Crippen molar-refractivity contribution in [2.45, 2.75) is 101 Å². The van der Waals surface area contributed by atoms with E-state index in [1.54, 1.807) is 24.3 Å². The second-order valence-corrected chi connectivity index (χ2v) is 10.1. The van der Waals surface area contributed by atoms with Gasteiger partial charge in [0.05, 0.1) is 17.7 Å². The maximum atomic E-state index is 13.1. The first-order chi connectivity index (χ1) is 17.0. The second-order valence-electron chi connectivity index (χ2n) is 9.80. The van der Waals surface area contributed by atoms with Gasteiger partial charge in [-0.25, -0.2) is 0 Å². The summed E-state index contributed by atoms with van der Waals surface area (Å²) in [4.78, 5) is 0. The fourth-order valence-electron chi connectivity index (χ4n) is 5.42. The number of aliphatic hydroxyl groups excluding tert-OH is 1. The van der Waals surface area contributed by atoms with Gasteiger partial charge in [-0.05, 0) is 71.9 Å². The van der Waals surface area contributed by atoms with Crippen molar-refractivity contribution in [3.8, 4) is 0 Å². The van der Waals surface area contributed by atoms with Crippen LogP contribution in [-0.4, -0.2) is 5.11 Å². The predicted molar refractivity (Wildman–Crippen MR) is 130 cm³/mol. The van der Waals surface area contributed by atoms with Crippen LogP contribution in [0.2, 0.25) is 0 Å². The lowest BCUT2D eigenvalue weighted by Crippen LogP contribution is -2.14. The van der Waals surface area contributed by atoms with Gasteiger partial charge in [-0.3, -0.25) is 0 Å². The second kappa shape index (κ2) is 12.7. The summed E-state index contributed by atoms with van der Waals surface area (Å²) in [5.74, 6) is 0.191. The molecule has 0 unspecified atom stereocenters. The Kier molecular flexibility index (Phi) is 10.2. The SMILES string of the molecule is FC(F)(F)c1cc(CCl)ccc1C1CCCCC1.OCc1ccc(C2CCCCC2)c(C(F)(F)F)c1. The molecule has 0 spiro atoms. The molecule has 0 amide bonds. The van der Waals surface area contributed by atoms with E-state index in [9.17, 15) is 26.3 Å². The van der Waals surface area contributed by atoms with Crippen LogP contribution in [-0.2, 0) is 24.8 Å². The molecule has 0 atom stereocenters. The maximum absolute atomic E-state index is 13.1. The number of aliphatic hydroxyl groups is 1. The molecule has 2 fully saturated rings. The summed E-state index contributed by atoms with van der Waals surface area (Å²) in [7, 11) is 0. The van der Waals surface area contributed by atoms with E-state index in [4.69, 9.17) is 16.7 Å². The summed E-state index contributed by atoms with van der Waals surface area (Å²) < 4.78 is 78.3. The highest BCUT2D eigenvalue weighted by molar-refractivity contribution is 6.17. The minimum Gasteiger partial charge on any atom is -0.392 e. The lowest BCUT2D eigenvalue weighted by Gasteiger charge is -2.25. The van der Waals surface area contributed by atoms with E-state index in [1.165, 1.54) is 6.07 Å². The van der Waals surface area contributed by atoms with Crippen LogP contribution in [0.25, 0.3) is 0 Å². The standard InChI is InChI=1S/C14H16ClF3.C14H17F3O/c15-9-10-6-7-12(11-4-2-1-3-5-11)13(8-10)14(16,17)18;15-14(16,17)13-8-10(9-18)6-7-12(13)11-4-2-1-3-5-11/h6-8,11H,1-5,9H2;6-8,11,18H,1-5,9H2. The van der Waals surface area contributed by atoms with E-state index < -0.39 is 23.5 Å². The van der Waals surface area contributed by atoms with Crippen LogP contribution in [0.3, 0.4) is 0 Å². The Hall–Kier alpha value is -1.73. The Morgan fingerprint density at radius 3 is 1.39 bits per heavy atom. The quantitative estimate of drug-likeness (QED) is 0.306. The lowest BCUT2D eigenvalue weighted by atomic mass is 9.81. The first kappa shape index (κ1) is 28.8. The van der Waals surface area contributed by atoms with E-state index in [2.05, 4.69) is 0 Å². The molecule has 1 N–H and O–H groups in total. The minimum absolute atomic E-state index is 0.0168. The van der Waals surface area contributed by atoms with Gasteiger partial charge in [0.25, 0.3) is 0 Å². The van der Waals surface area contributed by atoms with Crippen LogP contribution >= 0.6 is 11.6 Å². The summed E-state index contributed by atoms with van der Waals surface area (Å²) in [6.07, 6.45) is 1.10. The number of hydrogen-bond donors (Lipinski definition) is 1. The van der Waals surface area contributed by atoms with E-state index in [1.807, 2.05) is 0 Å². The van der Waals surface area contributed by atoms with Crippen molar-refractivity contribution in [1.82, 2.24) is 0 Å². The van der Waals surface area contributed by atoms with E-state index >= 15 is 0 Å². The molecule has 2 aliphatic carbocycles. The Morgan fingerprint density at radius 1 is 0.639 bits per heavy atom. The number of benzene rings is 2. The van der Waals surface area contributed by atoms with Crippen molar-refractivity contribution in [1.29, 1.82) is 0 Å². The topological polar surface area (TPSA) is 20.2 Å². The molecule has 2 aliphatic rings. The largest absolute Gasteiger partial charge is 0.416 e. The average Bonchev–Trinajstić information content (AvgIpc) is 2.88. The van der Waals surface area contributed by atoms with Crippen molar-refractivity contribution in [3.63, 3.8) is 0 Å². The van der Waals surface area contributed by atoms with Gasteiger partial charge in [0.1, 0.15) is 0 Å². The minimum atomic E-state index is -4.34. The summed E-state index contributed by atoms with van der Waals surface area (Å²) in [6, 6.07) is 8.77. The molecule has 200 valence electrons. The van der Waals surface area contributed by atoms with Crippen molar-refractivity contribution in [2.24, 2.45) is 0 Å². The van der Waals surface area contributed by atoms with Crippen LogP contribution < -0.4 is 0 Å². The normalized spacial score (nSPS) is 18.0. The third-order valence-corrected chi connectivity index (χ3v) is 7.58. The van der Waals surface area contributed by atoms with Crippen LogP contribution in [0.5, 0.6) is 0 Å². The molecule has 0 aromatic heterocycles. The summed E-state index contributed by atoms with van der Waals surface area (Å²) in [5, 5.41) is 8.96. The van der Waals surface area contributed by atoms with Crippen LogP contribution in [0.15, 0.2) is 36.4 Å². The molecule has 2 saturated carbocycles. The summed E-state index contributed by atoms with van der Waals surface area (Å²) >= 11 is 5.62. The highest BCUT2D eigenvalue weighted by atomic mass is 35.5. The Balaban J connectivity index is 0.000000201. The fourth-order valence-corrected chi connectivity index (χ4v) is 5.58. The molecule has 0 aliphatic heterocycles. The van der Waals surface area contributed by atoms with Crippen LogP contribution in [0.4, 0.5) is 26.3 Å². The average molecular weight is 535 g/mol. The zero-order valence-electron chi connectivity index (χ0n) is 20.2. The summed E-state index contributed by atoms with van der Waals surface area (Å²) in [6.45, 7) is -0.353. The molecule has 8 heteroatoms. The van der Waals surface area contributed by atoms with Crippen LogP contribution in [0.1, 0.15) is 109 Å². The fraction of sp³-hybridized carbons (Fsp3) is 0.571. The van der Waals surface area contributed by atoms with Crippen molar-refractivity contribution < 1.29 is 31.4 Å². The first-order valence-electron chi connectivity index (χ1n) is 12.6. The Morgan fingerprint density at radius 2 is 1.03 bits per heavy atom. The van der Waals surface area contributed by atoms with Gasteiger partial charge in [-0.15, -0.1) is 11.6 Å². The molecule has 2 aromatic carbocycles. The third-order valence-electron chi connectivity index (χ3n) is 7.27. The molecule has 2 aromatic rings. The third kappa shape index (κ3) is 7.64. The zero-order valence-corrected chi connectivity index (χ0v) is 21.0. The highest BCUT2D eigenvalue weighted by Gasteiger charge is 2.36. The molecule has 4 rings (SSSR count). The number of hydrogen-bond acceptors (Lipinski definition) is 1. The monoisotopic (exact) mass is 534 g/mol. The number of halogens is 7. The van der Waals surface area contributed by atoms with Gasteiger partial charge in [-0.2, -0.15) is 26.3 Å². The molecular formula is C28H33ClF6O. The molecule has 0 heterocycles. The maximum Gasteiger partial charge on any atom is 0.416 e. The van der Waals surface area contributed by atoms with E-state index in [0.717, 1.165) is 70.3 Å². The van der Waals surface area contributed by atoms with Crippen LogP contribution in [0, 0.1) is 0 Å². The van der Waals surface area contributed by atoms with Gasteiger partial charge in [0.2, 0.25) is 0 Å². The van der Waals surface area contributed by atoms with Gasteiger partial charge in [0, 0.05) is 5.88 Å². The number of rotatable bonds is 4. The predicted octanol–water partition coefficient (Wildman–Crippen LogP) is 9.74. The molecular weight excluding hydrogens is 502 g/mol. The zero-order chi connectivity index (χ0) is 26.3. The van der Waals surface area contributed by atoms with E-state index in [0.29, 0.717) is 22.3 Å². The van der Waals surface area contributed by atoms with Crippen molar-refractivity contribution in [2.75, 3.05) is 0 Å². The molecule has 0 bridgehead atoms. The highest BCUT2D eigenvalue weighted by Crippen LogP contribution is 2.42. The van der Waals surface area contributed by atoms with Crippen molar-refractivity contribution in [3.05, 3.63) is 69.8 Å². The molecule has 1 nitrogen and oxygen atoms in total. The van der Waals surface area contributed by atoms with Gasteiger partial charge < -0.3 is 5.11 Å². The molecule has 0 saturated heterocycles. The van der Waals surface area contributed by atoms with Gasteiger partial charge in [0.15, 0.2) is 0 Å². The van der Waals surface area contributed by atoms with Gasteiger partial charge in [-0.1, -0.05) is 62.8 Å². The van der Waals surface area contributed by atoms with E-state index in [-0.39, 0.29) is 24.3 Å². The lowest BCUT2D eigenvalue weighted by molar-refractivity contribution is -0.139.